The quantitative estimate of drug-likeness (QED) is 0.530. The highest BCUT2D eigenvalue weighted by molar-refractivity contribution is 5.75. The van der Waals surface area contributed by atoms with Crippen LogP contribution in [0, 0.1) is 0 Å². The van der Waals surface area contributed by atoms with Crippen molar-refractivity contribution in [3.63, 3.8) is 0 Å². The predicted molar refractivity (Wildman–Crippen MR) is 112 cm³/mol. The van der Waals surface area contributed by atoms with Crippen LogP contribution in [0.3, 0.4) is 0 Å². The summed E-state index contributed by atoms with van der Waals surface area (Å²) in [5.41, 5.74) is 1.51. The topological polar surface area (TPSA) is 51.9 Å². The van der Waals surface area contributed by atoms with Gasteiger partial charge in [0.1, 0.15) is 0 Å². The molecule has 0 spiro atoms. The van der Waals surface area contributed by atoms with E-state index in [1.54, 1.807) is 51.7 Å². The van der Waals surface area contributed by atoms with Crippen molar-refractivity contribution < 1.29 is 13.2 Å². The summed E-state index contributed by atoms with van der Waals surface area (Å²) >= 11 is 0. The Morgan fingerprint density at radius 3 is 2.48 bits per heavy atom. The molecule has 0 unspecified atom stereocenters. The van der Waals surface area contributed by atoms with E-state index in [1.165, 1.54) is 12.1 Å². The highest BCUT2D eigenvalue weighted by atomic mass is 19.4. The molecule has 2 aromatic carbocycles. The van der Waals surface area contributed by atoms with Crippen LogP contribution < -0.4 is 11.0 Å². The maximum Gasteiger partial charge on any atom is 0.417 e. The Bertz CT molecular complexity index is 1300. The van der Waals surface area contributed by atoms with Gasteiger partial charge in [-0.2, -0.15) is 13.2 Å². The first-order valence-electron chi connectivity index (χ1n) is 10.0. The number of imidazole rings is 1. The van der Waals surface area contributed by atoms with Crippen LogP contribution in [0.15, 0.2) is 71.7 Å². The fourth-order valence-electron chi connectivity index (χ4n) is 4.26. The third kappa shape index (κ3) is 3.33. The van der Waals surface area contributed by atoms with Gasteiger partial charge in [0.05, 0.1) is 22.8 Å². The molecule has 1 aliphatic rings. The summed E-state index contributed by atoms with van der Waals surface area (Å²) in [7, 11) is 0. The summed E-state index contributed by atoms with van der Waals surface area (Å²) in [6, 6.07) is 15.7. The predicted octanol–water partition coefficient (Wildman–Crippen LogP) is 4.41. The minimum Gasteiger partial charge on any atom is -0.315 e. The molecule has 5 rings (SSSR count). The van der Waals surface area contributed by atoms with E-state index in [9.17, 15) is 18.0 Å². The molecule has 2 aromatic heterocycles. The number of aromatic nitrogens is 3. The van der Waals surface area contributed by atoms with Crippen LogP contribution in [-0.2, 0) is 6.18 Å². The van der Waals surface area contributed by atoms with Gasteiger partial charge in [0.2, 0.25) is 0 Å². The summed E-state index contributed by atoms with van der Waals surface area (Å²) in [4.78, 5) is 17.8. The first kappa shape index (κ1) is 19.6. The van der Waals surface area contributed by atoms with E-state index in [-0.39, 0.29) is 17.3 Å². The zero-order valence-electron chi connectivity index (χ0n) is 16.4. The number of alkyl halides is 3. The Morgan fingerprint density at radius 2 is 1.77 bits per heavy atom. The molecule has 1 aliphatic heterocycles. The maximum absolute atomic E-state index is 13.4. The monoisotopic (exact) mass is 424 g/mol. The van der Waals surface area contributed by atoms with Crippen molar-refractivity contribution in [3.05, 3.63) is 82.9 Å². The van der Waals surface area contributed by atoms with Gasteiger partial charge in [-0.3, -0.25) is 9.13 Å². The highest BCUT2D eigenvalue weighted by Crippen LogP contribution is 2.37. The molecule has 0 bridgehead atoms. The summed E-state index contributed by atoms with van der Waals surface area (Å²) in [6.07, 6.45) is -1.95. The zero-order chi connectivity index (χ0) is 21.6. The van der Waals surface area contributed by atoms with Gasteiger partial charge >= 0.3 is 11.9 Å². The highest BCUT2D eigenvalue weighted by Gasteiger charge is 2.33. The first-order valence-corrected chi connectivity index (χ1v) is 10.0. The number of nitrogens with one attached hydrogen (secondary N) is 1. The van der Waals surface area contributed by atoms with Gasteiger partial charge in [-0.1, -0.05) is 30.3 Å². The second-order valence-electron chi connectivity index (χ2n) is 7.57. The van der Waals surface area contributed by atoms with Crippen molar-refractivity contribution in [1.82, 2.24) is 19.4 Å². The molecule has 0 aliphatic carbocycles. The number of benzene rings is 2. The van der Waals surface area contributed by atoms with Gasteiger partial charge in [0.15, 0.2) is 5.65 Å². The minimum absolute atomic E-state index is 0.0177. The summed E-state index contributed by atoms with van der Waals surface area (Å²) < 4.78 is 43.5. The van der Waals surface area contributed by atoms with Crippen molar-refractivity contribution in [2.75, 3.05) is 13.1 Å². The number of fused-ring (bicyclic) bond motifs is 1. The minimum atomic E-state index is -4.44. The smallest absolute Gasteiger partial charge is 0.315 e. The lowest BCUT2D eigenvalue weighted by atomic mass is 9.99. The van der Waals surface area contributed by atoms with Gasteiger partial charge < -0.3 is 5.32 Å². The fraction of sp³-hybridized carbons (Fsp3) is 0.217. The second kappa shape index (κ2) is 7.39. The summed E-state index contributed by atoms with van der Waals surface area (Å²) in [6.45, 7) is 1.53. The third-order valence-electron chi connectivity index (χ3n) is 5.70. The Balaban J connectivity index is 1.62. The normalized spacial score (nSPS) is 16.8. The number of hydrogen-bond donors (Lipinski definition) is 1. The van der Waals surface area contributed by atoms with Gasteiger partial charge in [-0.15, -0.1) is 0 Å². The molecule has 1 atom stereocenters. The van der Waals surface area contributed by atoms with Gasteiger partial charge in [-0.05, 0) is 54.4 Å². The van der Waals surface area contributed by atoms with Crippen molar-refractivity contribution in [1.29, 1.82) is 0 Å². The molecule has 0 amide bonds. The van der Waals surface area contributed by atoms with E-state index in [0.29, 0.717) is 29.0 Å². The van der Waals surface area contributed by atoms with Gasteiger partial charge in [0, 0.05) is 12.7 Å². The lowest BCUT2D eigenvalue weighted by molar-refractivity contribution is -0.137. The Kier molecular flexibility index (Phi) is 4.66. The molecular weight excluding hydrogens is 405 g/mol. The van der Waals surface area contributed by atoms with Crippen molar-refractivity contribution in [2.24, 2.45) is 0 Å². The molecular formula is C23H19F3N4O. The first-order chi connectivity index (χ1) is 14.9. The van der Waals surface area contributed by atoms with Crippen molar-refractivity contribution in [3.8, 4) is 16.8 Å². The number of pyridine rings is 1. The van der Waals surface area contributed by atoms with E-state index < -0.39 is 11.7 Å². The summed E-state index contributed by atoms with van der Waals surface area (Å²) in [5.74, 6) is 0. The molecule has 1 N–H and O–H groups in total. The SMILES string of the molecule is O=c1n(-c2ccc(-c3ccccc3C(F)(F)F)cc2)c2cccnc2n1[C@H]1CCNC1. The number of rotatable bonds is 3. The number of halogens is 3. The Morgan fingerprint density at radius 1 is 1.00 bits per heavy atom. The second-order valence-corrected chi connectivity index (χ2v) is 7.57. The molecule has 3 heterocycles. The molecule has 4 aromatic rings. The van der Waals surface area contributed by atoms with E-state index in [1.807, 2.05) is 6.07 Å². The van der Waals surface area contributed by atoms with Crippen LogP contribution in [0.2, 0.25) is 0 Å². The lowest BCUT2D eigenvalue weighted by Crippen LogP contribution is -2.28. The summed E-state index contributed by atoms with van der Waals surface area (Å²) in [5, 5.41) is 3.27. The van der Waals surface area contributed by atoms with Crippen LogP contribution in [0.4, 0.5) is 13.2 Å². The molecule has 8 heteroatoms. The van der Waals surface area contributed by atoms with Crippen LogP contribution in [0.25, 0.3) is 28.0 Å². The standard InChI is InChI=1S/C23H19F3N4O/c24-23(25,26)19-5-2-1-4-18(19)15-7-9-16(10-8-15)29-20-6-3-12-28-21(20)30(22(29)31)17-11-13-27-14-17/h1-10,12,17,27H,11,13-14H2/t17-/m0/s1. The average molecular weight is 424 g/mol. The number of nitrogens with zero attached hydrogens (tertiary/aromatic N) is 3. The molecule has 1 saturated heterocycles. The van der Waals surface area contributed by atoms with Crippen molar-refractivity contribution >= 4 is 11.2 Å². The Hall–Kier alpha value is -3.39. The molecule has 0 saturated carbocycles. The van der Waals surface area contributed by atoms with E-state index in [2.05, 4.69) is 10.3 Å². The molecule has 31 heavy (non-hydrogen) atoms. The molecule has 1 fully saturated rings. The average Bonchev–Trinajstić information content (AvgIpc) is 3.38. The van der Waals surface area contributed by atoms with Crippen molar-refractivity contribution in [2.45, 2.75) is 18.6 Å². The van der Waals surface area contributed by atoms with Crippen LogP contribution >= 0.6 is 0 Å². The molecule has 0 radical (unpaired) electrons. The van der Waals surface area contributed by atoms with Gasteiger partial charge in [-0.25, -0.2) is 9.78 Å². The van der Waals surface area contributed by atoms with E-state index >= 15 is 0 Å². The largest absolute Gasteiger partial charge is 0.417 e. The molecule has 158 valence electrons. The van der Waals surface area contributed by atoms with Crippen LogP contribution in [0.5, 0.6) is 0 Å². The molecule has 5 nitrogen and oxygen atoms in total. The van der Waals surface area contributed by atoms with E-state index in [0.717, 1.165) is 19.0 Å². The maximum atomic E-state index is 13.4. The lowest BCUT2D eigenvalue weighted by Gasteiger charge is -2.13. The van der Waals surface area contributed by atoms with Crippen LogP contribution in [0.1, 0.15) is 18.0 Å². The fourth-order valence-corrected chi connectivity index (χ4v) is 4.26. The van der Waals surface area contributed by atoms with Gasteiger partial charge in [0.25, 0.3) is 0 Å². The zero-order valence-corrected chi connectivity index (χ0v) is 16.4. The Labute approximate surface area is 175 Å². The van der Waals surface area contributed by atoms with Crippen LogP contribution in [-0.4, -0.2) is 27.2 Å². The third-order valence-corrected chi connectivity index (χ3v) is 5.70. The number of hydrogen-bond acceptors (Lipinski definition) is 3. The van der Waals surface area contributed by atoms with E-state index in [4.69, 9.17) is 0 Å².